The van der Waals surface area contributed by atoms with Crippen molar-refractivity contribution >= 4 is 22.8 Å². The highest BCUT2D eigenvalue weighted by Gasteiger charge is 2.22. The maximum absolute atomic E-state index is 12.9. The van der Waals surface area contributed by atoms with Crippen LogP contribution in [0.2, 0.25) is 0 Å². The summed E-state index contributed by atoms with van der Waals surface area (Å²) in [6.45, 7) is 1.65. The van der Waals surface area contributed by atoms with E-state index in [1.807, 2.05) is 29.0 Å². The SMILES string of the molecule is Fc1ccc(OC2CCN(c3ccc4nnc(-c5ccsc5)n4n3)CC2)cn1. The van der Waals surface area contributed by atoms with E-state index >= 15 is 0 Å². The standard InChI is InChI=1S/C19H17FN6OS/c20-16-2-1-15(11-21-16)27-14-5-8-25(9-6-14)18-4-3-17-22-23-19(26(17)24-18)13-7-10-28-12-13/h1-4,7,10-12,14H,5-6,8-9H2. The van der Waals surface area contributed by atoms with Crippen LogP contribution in [0.25, 0.3) is 17.0 Å². The van der Waals surface area contributed by atoms with Crippen LogP contribution in [0, 0.1) is 5.95 Å². The lowest BCUT2D eigenvalue weighted by Crippen LogP contribution is -2.38. The third kappa shape index (κ3) is 3.29. The smallest absolute Gasteiger partial charge is 0.213 e. The Bertz CT molecular complexity index is 1070. The molecule has 0 amide bonds. The van der Waals surface area contributed by atoms with E-state index in [4.69, 9.17) is 9.84 Å². The van der Waals surface area contributed by atoms with Gasteiger partial charge in [-0.3, -0.25) is 0 Å². The van der Waals surface area contributed by atoms with E-state index in [2.05, 4.69) is 20.1 Å². The number of rotatable bonds is 4. The van der Waals surface area contributed by atoms with Crippen LogP contribution in [-0.4, -0.2) is 44.0 Å². The highest BCUT2D eigenvalue weighted by molar-refractivity contribution is 7.08. The molecular weight excluding hydrogens is 379 g/mol. The van der Waals surface area contributed by atoms with Gasteiger partial charge in [-0.1, -0.05) is 0 Å². The minimum Gasteiger partial charge on any atom is -0.489 e. The van der Waals surface area contributed by atoms with E-state index < -0.39 is 5.95 Å². The van der Waals surface area contributed by atoms with Crippen molar-refractivity contribution in [1.82, 2.24) is 24.8 Å². The molecule has 0 saturated carbocycles. The maximum atomic E-state index is 12.9. The Morgan fingerprint density at radius 1 is 1.07 bits per heavy atom. The molecule has 1 fully saturated rings. The van der Waals surface area contributed by atoms with Crippen molar-refractivity contribution in [2.75, 3.05) is 18.0 Å². The zero-order valence-electron chi connectivity index (χ0n) is 14.9. The van der Waals surface area contributed by atoms with Crippen molar-refractivity contribution in [2.24, 2.45) is 0 Å². The zero-order valence-corrected chi connectivity index (χ0v) is 15.7. The van der Waals surface area contributed by atoms with Crippen LogP contribution in [-0.2, 0) is 0 Å². The zero-order chi connectivity index (χ0) is 18.9. The van der Waals surface area contributed by atoms with Gasteiger partial charge in [-0.25, -0.2) is 4.98 Å². The highest BCUT2D eigenvalue weighted by Crippen LogP contribution is 2.24. The minimum atomic E-state index is -0.501. The molecule has 0 bridgehead atoms. The molecule has 4 aromatic rings. The number of halogens is 1. The molecule has 5 heterocycles. The Morgan fingerprint density at radius 2 is 1.96 bits per heavy atom. The number of thiophene rings is 1. The molecule has 1 aliphatic rings. The molecule has 0 N–H and O–H groups in total. The highest BCUT2D eigenvalue weighted by atomic mass is 32.1. The number of hydrogen-bond donors (Lipinski definition) is 0. The van der Waals surface area contributed by atoms with Crippen molar-refractivity contribution in [3.8, 4) is 17.1 Å². The molecule has 1 aliphatic heterocycles. The van der Waals surface area contributed by atoms with Crippen LogP contribution >= 0.6 is 11.3 Å². The van der Waals surface area contributed by atoms with Crippen molar-refractivity contribution in [1.29, 1.82) is 0 Å². The molecule has 5 rings (SSSR count). The summed E-state index contributed by atoms with van der Waals surface area (Å²) in [5.41, 5.74) is 1.74. The second-order valence-electron chi connectivity index (χ2n) is 6.62. The van der Waals surface area contributed by atoms with E-state index in [1.54, 1.807) is 21.9 Å². The second kappa shape index (κ2) is 7.16. The van der Waals surface area contributed by atoms with E-state index in [0.717, 1.165) is 48.8 Å². The molecule has 0 atom stereocenters. The van der Waals surface area contributed by atoms with Crippen molar-refractivity contribution in [3.05, 3.63) is 53.2 Å². The first-order chi connectivity index (χ1) is 13.8. The lowest BCUT2D eigenvalue weighted by molar-refractivity contribution is 0.169. The van der Waals surface area contributed by atoms with Gasteiger partial charge < -0.3 is 9.64 Å². The predicted octanol–water partition coefficient (Wildman–Crippen LogP) is 3.43. The molecule has 28 heavy (non-hydrogen) atoms. The van der Waals surface area contributed by atoms with Crippen molar-refractivity contribution < 1.29 is 9.13 Å². The third-order valence-electron chi connectivity index (χ3n) is 4.80. The summed E-state index contributed by atoms with van der Waals surface area (Å²) >= 11 is 1.62. The van der Waals surface area contributed by atoms with Gasteiger partial charge in [0.2, 0.25) is 5.95 Å². The van der Waals surface area contributed by atoms with Gasteiger partial charge >= 0.3 is 0 Å². The molecule has 0 unspecified atom stereocenters. The predicted molar refractivity (Wildman–Crippen MR) is 104 cm³/mol. The number of nitrogens with zero attached hydrogens (tertiary/aromatic N) is 6. The Kier molecular flexibility index (Phi) is 4.36. The van der Waals surface area contributed by atoms with Gasteiger partial charge in [0.15, 0.2) is 11.5 Å². The number of hydrogen-bond acceptors (Lipinski definition) is 7. The lowest BCUT2D eigenvalue weighted by atomic mass is 10.1. The average Bonchev–Trinajstić information content (AvgIpc) is 3.39. The molecule has 7 nitrogen and oxygen atoms in total. The lowest BCUT2D eigenvalue weighted by Gasteiger charge is -2.32. The molecule has 0 aromatic carbocycles. The number of pyridine rings is 1. The quantitative estimate of drug-likeness (QED) is 0.492. The number of anilines is 1. The Hall–Kier alpha value is -3.07. The normalized spacial score (nSPS) is 15.2. The minimum absolute atomic E-state index is 0.0866. The fourth-order valence-corrected chi connectivity index (χ4v) is 3.98. The number of piperidine rings is 1. The second-order valence-corrected chi connectivity index (χ2v) is 7.40. The van der Waals surface area contributed by atoms with Crippen LogP contribution in [0.5, 0.6) is 5.75 Å². The number of ether oxygens (including phenoxy) is 1. The first kappa shape index (κ1) is 17.1. The van der Waals surface area contributed by atoms with Crippen LogP contribution in [0.1, 0.15) is 12.8 Å². The van der Waals surface area contributed by atoms with Crippen LogP contribution in [0.4, 0.5) is 10.2 Å². The van der Waals surface area contributed by atoms with E-state index in [1.165, 1.54) is 12.3 Å². The van der Waals surface area contributed by atoms with Gasteiger partial charge in [-0.05, 0) is 35.7 Å². The summed E-state index contributed by atoms with van der Waals surface area (Å²) in [6, 6.07) is 8.86. The van der Waals surface area contributed by atoms with Crippen LogP contribution in [0.15, 0.2) is 47.3 Å². The largest absolute Gasteiger partial charge is 0.489 e. The maximum Gasteiger partial charge on any atom is 0.213 e. The molecule has 0 radical (unpaired) electrons. The molecule has 0 spiro atoms. The summed E-state index contributed by atoms with van der Waals surface area (Å²) in [6.07, 6.45) is 3.23. The molecule has 1 saturated heterocycles. The van der Waals surface area contributed by atoms with Crippen molar-refractivity contribution in [2.45, 2.75) is 18.9 Å². The molecule has 0 aliphatic carbocycles. The third-order valence-corrected chi connectivity index (χ3v) is 5.48. The van der Waals surface area contributed by atoms with Gasteiger partial charge in [0, 0.05) is 36.9 Å². The Labute approximate surface area is 164 Å². The van der Waals surface area contributed by atoms with Gasteiger partial charge in [0.1, 0.15) is 17.7 Å². The van der Waals surface area contributed by atoms with Gasteiger partial charge in [0.05, 0.1) is 6.20 Å². The molecule has 4 aromatic heterocycles. The summed E-state index contributed by atoms with van der Waals surface area (Å²) < 4.78 is 20.6. The monoisotopic (exact) mass is 396 g/mol. The van der Waals surface area contributed by atoms with E-state index in [9.17, 15) is 4.39 Å². The van der Waals surface area contributed by atoms with Crippen LogP contribution in [0.3, 0.4) is 0 Å². The number of fused-ring (bicyclic) bond motifs is 1. The Balaban J connectivity index is 1.30. The van der Waals surface area contributed by atoms with E-state index in [-0.39, 0.29) is 6.10 Å². The summed E-state index contributed by atoms with van der Waals surface area (Å²) in [7, 11) is 0. The molecule has 9 heteroatoms. The number of aromatic nitrogens is 5. The average molecular weight is 396 g/mol. The molecule has 142 valence electrons. The van der Waals surface area contributed by atoms with Gasteiger partial charge in [-0.2, -0.15) is 20.2 Å². The first-order valence-corrected chi connectivity index (χ1v) is 9.99. The topological polar surface area (TPSA) is 68.4 Å². The fraction of sp³-hybridized carbons (Fsp3) is 0.263. The first-order valence-electron chi connectivity index (χ1n) is 9.04. The summed E-state index contributed by atoms with van der Waals surface area (Å²) in [5.74, 6) is 1.74. The van der Waals surface area contributed by atoms with Crippen molar-refractivity contribution in [3.63, 3.8) is 0 Å². The molecular formula is C19H17FN6OS. The van der Waals surface area contributed by atoms with E-state index in [0.29, 0.717) is 5.75 Å². The fourth-order valence-electron chi connectivity index (χ4n) is 3.35. The van der Waals surface area contributed by atoms with Gasteiger partial charge in [0.25, 0.3) is 0 Å². The summed E-state index contributed by atoms with van der Waals surface area (Å²) in [5, 5.41) is 17.3. The Morgan fingerprint density at radius 3 is 2.71 bits per heavy atom. The van der Waals surface area contributed by atoms with Gasteiger partial charge in [-0.15, -0.1) is 15.3 Å². The summed E-state index contributed by atoms with van der Waals surface area (Å²) in [4.78, 5) is 5.87. The van der Waals surface area contributed by atoms with Crippen LogP contribution < -0.4 is 9.64 Å².